The number of ether oxygens (including phenoxy) is 1. The third kappa shape index (κ3) is 8.07. The standard InChI is InChI=1S/C15H25N3OS/c1-3-19-12-7-10-17-15(16-2)18-11-13-20-14-8-5-4-6-9-14/h4-6,8-9H,3,7,10-13H2,1-2H3,(H2,16,17,18). The Balaban J connectivity index is 2.06. The number of benzene rings is 1. The zero-order valence-electron chi connectivity index (χ0n) is 12.4. The first-order valence-electron chi connectivity index (χ1n) is 7.07. The topological polar surface area (TPSA) is 45.6 Å². The predicted octanol–water partition coefficient (Wildman–Crippen LogP) is 2.37. The smallest absolute Gasteiger partial charge is 0.191 e. The Morgan fingerprint density at radius 1 is 1.20 bits per heavy atom. The number of thioether (sulfide) groups is 1. The van der Waals surface area contributed by atoms with Crippen molar-refractivity contribution < 1.29 is 4.74 Å². The van der Waals surface area contributed by atoms with E-state index in [-0.39, 0.29) is 0 Å². The number of guanidine groups is 1. The van der Waals surface area contributed by atoms with Gasteiger partial charge in [-0.1, -0.05) is 18.2 Å². The fourth-order valence-electron chi connectivity index (χ4n) is 1.60. The van der Waals surface area contributed by atoms with E-state index in [0.717, 1.165) is 44.4 Å². The van der Waals surface area contributed by atoms with Gasteiger partial charge in [0.2, 0.25) is 0 Å². The summed E-state index contributed by atoms with van der Waals surface area (Å²) < 4.78 is 5.29. The fourth-order valence-corrected chi connectivity index (χ4v) is 2.39. The van der Waals surface area contributed by atoms with E-state index in [9.17, 15) is 0 Å². The Kier molecular flexibility index (Phi) is 9.79. The molecule has 0 aliphatic rings. The van der Waals surface area contributed by atoms with Gasteiger partial charge in [-0.3, -0.25) is 4.99 Å². The SMILES string of the molecule is CCOCCCNC(=NC)NCCSc1ccccc1. The number of aliphatic imine (C=N–C) groups is 1. The van der Waals surface area contributed by atoms with Crippen LogP contribution in [0.25, 0.3) is 0 Å². The van der Waals surface area contributed by atoms with Crippen molar-refractivity contribution in [3.8, 4) is 0 Å². The molecule has 0 aliphatic carbocycles. The Hall–Kier alpha value is -1.20. The lowest BCUT2D eigenvalue weighted by Crippen LogP contribution is -2.39. The second-order valence-electron chi connectivity index (χ2n) is 4.14. The molecule has 0 atom stereocenters. The molecule has 20 heavy (non-hydrogen) atoms. The summed E-state index contributed by atoms with van der Waals surface area (Å²) >= 11 is 1.84. The molecule has 0 amide bonds. The van der Waals surface area contributed by atoms with Gasteiger partial charge >= 0.3 is 0 Å². The predicted molar refractivity (Wildman–Crippen MR) is 87.6 cm³/mol. The van der Waals surface area contributed by atoms with Crippen molar-refractivity contribution in [3.05, 3.63) is 30.3 Å². The second-order valence-corrected chi connectivity index (χ2v) is 5.31. The van der Waals surface area contributed by atoms with Crippen molar-refractivity contribution in [2.75, 3.05) is 39.1 Å². The first-order valence-corrected chi connectivity index (χ1v) is 8.05. The first kappa shape index (κ1) is 16.9. The van der Waals surface area contributed by atoms with Crippen molar-refractivity contribution in [2.24, 2.45) is 4.99 Å². The van der Waals surface area contributed by atoms with E-state index in [1.165, 1.54) is 4.90 Å². The largest absolute Gasteiger partial charge is 0.382 e. The molecule has 0 unspecified atom stereocenters. The minimum atomic E-state index is 0.781. The van der Waals surface area contributed by atoms with Gasteiger partial charge < -0.3 is 15.4 Å². The minimum Gasteiger partial charge on any atom is -0.382 e. The summed E-state index contributed by atoms with van der Waals surface area (Å²) in [6, 6.07) is 10.4. The minimum absolute atomic E-state index is 0.781. The maximum atomic E-state index is 5.29. The third-order valence-corrected chi connectivity index (χ3v) is 3.61. The lowest BCUT2D eigenvalue weighted by atomic mass is 10.4. The maximum absolute atomic E-state index is 5.29. The molecule has 0 heterocycles. The summed E-state index contributed by atoms with van der Waals surface area (Å²) in [4.78, 5) is 5.49. The Morgan fingerprint density at radius 3 is 2.65 bits per heavy atom. The highest BCUT2D eigenvalue weighted by atomic mass is 32.2. The molecular formula is C15H25N3OS. The van der Waals surface area contributed by atoms with Crippen LogP contribution in [0.2, 0.25) is 0 Å². The van der Waals surface area contributed by atoms with Crippen LogP contribution in [-0.2, 0) is 4.74 Å². The van der Waals surface area contributed by atoms with E-state index in [1.54, 1.807) is 7.05 Å². The number of hydrogen-bond acceptors (Lipinski definition) is 3. The van der Waals surface area contributed by atoms with Gasteiger partial charge in [0.25, 0.3) is 0 Å². The van der Waals surface area contributed by atoms with Gasteiger partial charge in [-0.15, -0.1) is 11.8 Å². The van der Waals surface area contributed by atoms with Crippen molar-refractivity contribution in [2.45, 2.75) is 18.2 Å². The quantitative estimate of drug-likeness (QED) is 0.318. The molecule has 1 aromatic rings. The highest BCUT2D eigenvalue weighted by Crippen LogP contribution is 2.15. The molecule has 0 fully saturated rings. The van der Waals surface area contributed by atoms with Gasteiger partial charge in [-0.05, 0) is 25.5 Å². The fraction of sp³-hybridized carbons (Fsp3) is 0.533. The molecule has 0 spiro atoms. The van der Waals surface area contributed by atoms with Gasteiger partial charge in [0, 0.05) is 44.0 Å². The molecule has 0 saturated carbocycles. The molecule has 112 valence electrons. The molecule has 2 N–H and O–H groups in total. The summed E-state index contributed by atoms with van der Waals surface area (Å²) in [5.74, 6) is 1.87. The van der Waals surface area contributed by atoms with E-state index in [2.05, 4.69) is 39.9 Å². The summed E-state index contributed by atoms with van der Waals surface area (Å²) in [6.45, 7) is 5.36. The van der Waals surface area contributed by atoms with Gasteiger partial charge in [-0.2, -0.15) is 0 Å². The van der Waals surface area contributed by atoms with Crippen LogP contribution in [0, 0.1) is 0 Å². The Labute approximate surface area is 126 Å². The van der Waals surface area contributed by atoms with Gasteiger partial charge in [-0.25, -0.2) is 0 Å². The van der Waals surface area contributed by atoms with Crippen LogP contribution < -0.4 is 10.6 Å². The van der Waals surface area contributed by atoms with Crippen LogP contribution in [0.15, 0.2) is 40.2 Å². The molecule has 0 aliphatic heterocycles. The van der Waals surface area contributed by atoms with Crippen LogP contribution in [-0.4, -0.2) is 45.1 Å². The molecule has 0 aromatic heterocycles. The van der Waals surface area contributed by atoms with Gasteiger partial charge in [0.15, 0.2) is 5.96 Å². The molecular weight excluding hydrogens is 270 g/mol. The van der Waals surface area contributed by atoms with Crippen molar-refractivity contribution >= 4 is 17.7 Å². The molecule has 0 radical (unpaired) electrons. The van der Waals surface area contributed by atoms with Gasteiger partial charge in [0.05, 0.1) is 0 Å². The number of hydrogen-bond donors (Lipinski definition) is 2. The Bertz CT molecular complexity index is 371. The monoisotopic (exact) mass is 295 g/mol. The van der Waals surface area contributed by atoms with Crippen LogP contribution in [0.1, 0.15) is 13.3 Å². The van der Waals surface area contributed by atoms with E-state index in [4.69, 9.17) is 4.74 Å². The number of rotatable bonds is 9. The van der Waals surface area contributed by atoms with Crippen molar-refractivity contribution in [1.29, 1.82) is 0 Å². The first-order chi connectivity index (χ1) is 9.86. The van der Waals surface area contributed by atoms with Crippen molar-refractivity contribution in [1.82, 2.24) is 10.6 Å². The lowest BCUT2D eigenvalue weighted by Gasteiger charge is -2.11. The molecule has 0 saturated heterocycles. The van der Waals surface area contributed by atoms with E-state index in [1.807, 2.05) is 24.8 Å². The zero-order chi connectivity index (χ0) is 14.5. The maximum Gasteiger partial charge on any atom is 0.191 e. The van der Waals surface area contributed by atoms with Crippen LogP contribution in [0.5, 0.6) is 0 Å². The second kappa shape index (κ2) is 11.6. The average molecular weight is 295 g/mol. The van der Waals surface area contributed by atoms with Gasteiger partial charge in [0.1, 0.15) is 0 Å². The summed E-state index contributed by atoms with van der Waals surface area (Å²) in [5.41, 5.74) is 0. The molecule has 5 heteroatoms. The summed E-state index contributed by atoms with van der Waals surface area (Å²) in [5, 5.41) is 6.58. The number of nitrogens with one attached hydrogen (secondary N) is 2. The summed E-state index contributed by atoms with van der Waals surface area (Å²) in [6.07, 6.45) is 0.993. The molecule has 1 rings (SSSR count). The molecule has 4 nitrogen and oxygen atoms in total. The van der Waals surface area contributed by atoms with Crippen LogP contribution >= 0.6 is 11.8 Å². The lowest BCUT2D eigenvalue weighted by molar-refractivity contribution is 0.145. The normalized spacial score (nSPS) is 11.4. The highest BCUT2D eigenvalue weighted by molar-refractivity contribution is 7.99. The van der Waals surface area contributed by atoms with Crippen molar-refractivity contribution in [3.63, 3.8) is 0 Å². The highest BCUT2D eigenvalue weighted by Gasteiger charge is 1.97. The Morgan fingerprint density at radius 2 is 1.95 bits per heavy atom. The average Bonchev–Trinajstić information content (AvgIpc) is 2.50. The summed E-state index contributed by atoms with van der Waals surface area (Å²) in [7, 11) is 1.79. The zero-order valence-corrected chi connectivity index (χ0v) is 13.2. The third-order valence-electron chi connectivity index (χ3n) is 2.59. The molecule has 1 aromatic carbocycles. The number of nitrogens with zero attached hydrogens (tertiary/aromatic N) is 1. The van der Waals surface area contributed by atoms with E-state index < -0.39 is 0 Å². The van der Waals surface area contributed by atoms with E-state index >= 15 is 0 Å². The molecule has 0 bridgehead atoms. The van der Waals surface area contributed by atoms with Crippen LogP contribution in [0.4, 0.5) is 0 Å². The van der Waals surface area contributed by atoms with E-state index in [0.29, 0.717) is 0 Å². The van der Waals surface area contributed by atoms with Crippen LogP contribution in [0.3, 0.4) is 0 Å².